The van der Waals surface area contributed by atoms with Gasteiger partial charge in [-0.15, -0.1) is 0 Å². The molecule has 0 unspecified atom stereocenters. The lowest BCUT2D eigenvalue weighted by Gasteiger charge is -2.05. The van der Waals surface area contributed by atoms with E-state index in [2.05, 4.69) is 15.4 Å². The molecule has 5 nitrogen and oxygen atoms in total. The summed E-state index contributed by atoms with van der Waals surface area (Å²) in [6, 6.07) is 6.22. The van der Waals surface area contributed by atoms with E-state index in [0.29, 0.717) is 5.56 Å². The maximum Gasteiger partial charge on any atom is 0.435 e. The third-order valence-electron chi connectivity index (χ3n) is 3.17. The fourth-order valence-corrected chi connectivity index (χ4v) is 2.07. The van der Waals surface area contributed by atoms with Gasteiger partial charge >= 0.3 is 6.18 Å². The van der Waals surface area contributed by atoms with Crippen LogP contribution in [0, 0.1) is 5.82 Å². The maximum atomic E-state index is 12.8. The molecular weight excluding hydrogens is 328 g/mol. The molecule has 3 aromatic rings. The van der Waals surface area contributed by atoms with E-state index in [9.17, 15) is 22.4 Å². The maximum absolute atomic E-state index is 12.8. The number of nitrogens with zero attached hydrogens (tertiary/aromatic N) is 3. The van der Waals surface area contributed by atoms with E-state index < -0.39 is 23.6 Å². The van der Waals surface area contributed by atoms with Crippen LogP contribution < -0.4 is 5.32 Å². The second kappa shape index (κ2) is 5.91. The molecule has 0 aliphatic carbocycles. The van der Waals surface area contributed by atoms with Crippen LogP contribution in [0.1, 0.15) is 11.3 Å². The van der Waals surface area contributed by atoms with Gasteiger partial charge in [-0.05, 0) is 17.7 Å². The Morgan fingerprint density at radius 3 is 2.58 bits per heavy atom. The first-order chi connectivity index (χ1) is 11.3. The van der Waals surface area contributed by atoms with E-state index in [4.69, 9.17) is 0 Å². The lowest BCUT2D eigenvalue weighted by Crippen LogP contribution is -2.15. The van der Waals surface area contributed by atoms with Crippen LogP contribution in [0.2, 0.25) is 0 Å². The number of fused-ring (bicyclic) bond motifs is 1. The third kappa shape index (κ3) is 3.50. The number of anilines is 1. The van der Waals surface area contributed by atoms with E-state index in [1.165, 1.54) is 36.7 Å². The fourth-order valence-electron chi connectivity index (χ4n) is 2.07. The van der Waals surface area contributed by atoms with Crippen molar-refractivity contribution in [2.45, 2.75) is 12.6 Å². The van der Waals surface area contributed by atoms with E-state index >= 15 is 0 Å². The Kier molecular flexibility index (Phi) is 3.92. The van der Waals surface area contributed by atoms with E-state index in [0.717, 1.165) is 10.6 Å². The van der Waals surface area contributed by atoms with Crippen molar-refractivity contribution >= 4 is 17.2 Å². The van der Waals surface area contributed by atoms with E-state index in [1.807, 2.05) is 0 Å². The summed E-state index contributed by atoms with van der Waals surface area (Å²) < 4.78 is 51.6. The molecular formula is C15H10F4N4O. The van der Waals surface area contributed by atoms with Gasteiger partial charge < -0.3 is 5.32 Å². The van der Waals surface area contributed by atoms with Gasteiger partial charge in [-0.1, -0.05) is 12.1 Å². The summed E-state index contributed by atoms with van der Waals surface area (Å²) in [7, 11) is 0. The monoisotopic (exact) mass is 338 g/mol. The molecule has 0 aliphatic rings. The van der Waals surface area contributed by atoms with Crippen LogP contribution in [-0.4, -0.2) is 20.5 Å². The number of hydrogen-bond acceptors (Lipinski definition) is 3. The summed E-state index contributed by atoms with van der Waals surface area (Å²) in [5.41, 5.74) is -0.253. The summed E-state index contributed by atoms with van der Waals surface area (Å²) in [5, 5.41) is 5.89. The molecule has 24 heavy (non-hydrogen) atoms. The molecule has 1 aromatic carbocycles. The molecule has 1 N–H and O–H groups in total. The minimum absolute atomic E-state index is 0.00870. The minimum Gasteiger partial charge on any atom is -0.323 e. The van der Waals surface area contributed by atoms with E-state index in [1.54, 1.807) is 0 Å². The highest BCUT2D eigenvalue weighted by molar-refractivity contribution is 5.92. The molecule has 3 rings (SSSR count). The predicted molar refractivity (Wildman–Crippen MR) is 76.7 cm³/mol. The van der Waals surface area contributed by atoms with Crippen LogP contribution in [0.5, 0.6) is 0 Å². The molecule has 0 spiro atoms. The second-order valence-corrected chi connectivity index (χ2v) is 5.02. The van der Waals surface area contributed by atoms with Crippen molar-refractivity contribution in [3.63, 3.8) is 0 Å². The van der Waals surface area contributed by atoms with Crippen molar-refractivity contribution in [1.29, 1.82) is 0 Å². The lowest BCUT2D eigenvalue weighted by molar-refractivity contribution is -0.141. The Bertz CT molecular complexity index is 887. The summed E-state index contributed by atoms with van der Waals surface area (Å²) in [6.07, 6.45) is -2.11. The van der Waals surface area contributed by atoms with Gasteiger partial charge in [0.1, 0.15) is 5.82 Å². The third-order valence-corrected chi connectivity index (χ3v) is 3.17. The average Bonchev–Trinajstić information content (AvgIpc) is 2.93. The normalized spacial score (nSPS) is 11.7. The van der Waals surface area contributed by atoms with Gasteiger partial charge in [0.15, 0.2) is 11.3 Å². The van der Waals surface area contributed by atoms with Crippen LogP contribution in [-0.2, 0) is 17.4 Å². The number of aromatic nitrogens is 3. The number of benzene rings is 1. The molecule has 9 heteroatoms. The minimum atomic E-state index is -4.57. The van der Waals surface area contributed by atoms with E-state index in [-0.39, 0.29) is 17.8 Å². The molecule has 0 fully saturated rings. The first kappa shape index (κ1) is 15.9. The van der Waals surface area contributed by atoms with Crippen molar-refractivity contribution in [3.8, 4) is 0 Å². The molecule has 0 saturated heterocycles. The first-order valence-electron chi connectivity index (χ1n) is 6.78. The number of hydrogen-bond donors (Lipinski definition) is 1. The van der Waals surface area contributed by atoms with Crippen molar-refractivity contribution in [2.24, 2.45) is 0 Å². The highest BCUT2D eigenvalue weighted by Gasteiger charge is 2.34. The summed E-state index contributed by atoms with van der Waals surface area (Å²) in [6.45, 7) is 0. The van der Waals surface area contributed by atoms with Crippen LogP contribution in [0.4, 0.5) is 23.2 Å². The number of halogens is 4. The Morgan fingerprint density at radius 2 is 1.92 bits per heavy atom. The van der Waals surface area contributed by atoms with Gasteiger partial charge in [0.05, 0.1) is 24.5 Å². The number of rotatable bonds is 3. The van der Waals surface area contributed by atoms with Crippen LogP contribution in [0.25, 0.3) is 5.65 Å². The molecule has 1 amide bonds. The van der Waals surface area contributed by atoms with Gasteiger partial charge in [0.2, 0.25) is 5.91 Å². The van der Waals surface area contributed by atoms with Crippen molar-refractivity contribution in [3.05, 3.63) is 59.8 Å². The van der Waals surface area contributed by atoms with Gasteiger partial charge in [0.25, 0.3) is 0 Å². The second-order valence-electron chi connectivity index (χ2n) is 5.02. The Balaban J connectivity index is 1.74. The quantitative estimate of drug-likeness (QED) is 0.747. The van der Waals surface area contributed by atoms with Gasteiger partial charge in [-0.3, -0.25) is 4.79 Å². The van der Waals surface area contributed by atoms with Crippen LogP contribution >= 0.6 is 0 Å². The number of nitrogens with one attached hydrogen (secondary N) is 1. The zero-order valence-corrected chi connectivity index (χ0v) is 12.0. The number of carbonyl (C=O) groups is 1. The molecule has 0 radical (unpaired) electrons. The number of amides is 1. The molecule has 2 heterocycles. The molecule has 0 atom stereocenters. The summed E-state index contributed by atoms with van der Waals surface area (Å²) in [5.74, 6) is -0.820. The molecule has 2 aromatic heterocycles. The molecule has 124 valence electrons. The zero-order valence-electron chi connectivity index (χ0n) is 12.0. The van der Waals surface area contributed by atoms with Gasteiger partial charge in [-0.25, -0.2) is 13.9 Å². The van der Waals surface area contributed by atoms with Gasteiger partial charge in [-0.2, -0.15) is 18.3 Å². The Hall–Kier alpha value is -2.97. The van der Waals surface area contributed by atoms with Crippen molar-refractivity contribution in [2.75, 3.05) is 5.32 Å². The van der Waals surface area contributed by atoms with Crippen LogP contribution in [0.3, 0.4) is 0 Å². The van der Waals surface area contributed by atoms with Crippen molar-refractivity contribution < 1.29 is 22.4 Å². The molecule has 0 aliphatic heterocycles. The standard InChI is InChI=1S/C15H10F4N4O/c16-10-3-1-9(2-4-10)5-14(24)21-11-7-20-13-6-12(15(17,18)19)22-23(13)8-11/h1-4,6-8H,5H2,(H,21,24). The lowest BCUT2D eigenvalue weighted by atomic mass is 10.1. The largest absolute Gasteiger partial charge is 0.435 e. The highest BCUT2D eigenvalue weighted by atomic mass is 19.4. The highest BCUT2D eigenvalue weighted by Crippen LogP contribution is 2.28. The zero-order chi connectivity index (χ0) is 17.3. The van der Waals surface area contributed by atoms with Gasteiger partial charge in [0, 0.05) is 6.07 Å². The first-order valence-corrected chi connectivity index (χ1v) is 6.78. The molecule has 0 bridgehead atoms. The fraction of sp³-hybridized carbons (Fsp3) is 0.133. The average molecular weight is 338 g/mol. The Morgan fingerprint density at radius 1 is 1.21 bits per heavy atom. The van der Waals surface area contributed by atoms with Crippen molar-refractivity contribution in [1.82, 2.24) is 14.6 Å². The summed E-state index contributed by atoms with van der Waals surface area (Å²) in [4.78, 5) is 15.7. The number of carbonyl (C=O) groups excluding carboxylic acids is 1. The predicted octanol–water partition coefficient (Wildman–Crippen LogP) is 3.07. The summed E-state index contributed by atoms with van der Waals surface area (Å²) >= 11 is 0. The van der Waals surface area contributed by atoms with Crippen LogP contribution in [0.15, 0.2) is 42.7 Å². The topological polar surface area (TPSA) is 59.3 Å². The molecule has 0 saturated carbocycles. The number of alkyl halides is 3. The SMILES string of the molecule is O=C(Cc1ccc(F)cc1)Nc1cnc2cc(C(F)(F)F)nn2c1. The smallest absolute Gasteiger partial charge is 0.323 e. The Labute approximate surface area is 132 Å².